The smallest absolute Gasteiger partial charge is 0.176 e. The number of rotatable bonds is 1. The van der Waals surface area contributed by atoms with E-state index >= 15 is 0 Å². The van der Waals surface area contributed by atoms with E-state index in [2.05, 4.69) is 12.1 Å². The van der Waals surface area contributed by atoms with Gasteiger partial charge in [-0.25, -0.2) is 4.39 Å². The van der Waals surface area contributed by atoms with Gasteiger partial charge in [0.05, 0.1) is 13.2 Å². The maximum Gasteiger partial charge on any atom is 0.176 e. The summed E-state index contributed by atoms with van der Waals surface area (Å²) < 4.78 is 24.9. The van der Waals surface area contributed by atoms with Gasteiger partial charge in [0.1, 0.15) is 5.82 Å². The van der Waals surface area contributed by atoms with Crippen molar-refractivity contribution in [3.05, 3.63) is 59.4 Å². The Morgan fingerprint density at radius 1 is 0.850 bits per heavy atom. The van der Waals surface area contributed by atoms with E-state index in [1.165, 1.54) is 17.2 Å². The van der Waals surface area contributed by atoms with E-state index < -0.39 is 5.79 Å². The molecule has 0 N–H and O–H groups in total. The van der Waals surface area contributed by atoms with Crippen molar-refractivity contribution in [2.75, 3.05) is 13.2 Å². The highest BCUT2D eigenvalue weighted by atomic mass is 19.1. The molecule has 0 aromatic heterocycles. The van der Waals surface area contributed by atoms with Gasteiger partial charge >= 0.3 is 0 Å². The highest BCUT2D eigenvalue weighted by Crippen LogP contribution is 2.38. The van der Waals surface area contributed by atoms with Crippen LogP contribution in [-0.2, 0) is 22.3 Å². The normalized spacial score (nSPS) is 19.4. The van der Waals surface area contributed by atoms with Crippen LogP contribution in [0.1, 0.15) is 11.1 Å². The third-order valence-corrected chi connectivity index (χ3v) is 4.10. The highest BCUT2D eigenvalue weighted by molar-refractivity contribution is 5.65. The summed E-state index contributed by atoms with van der Waals surface area (Å²) in [6.45, 7) is 1.34. The lowest BCUT2D eigenvalue weighted by molar-refractivity contribution is -0.147. The molecule has 20 heavy (non-hydrogen) atoms. The summed E-state index contributed by atoms with van der Waals surface area (Å²) >= 11 is 0. The standard InChI is InChI=1S/C17H15FO2/c18-16-3-1-2-12(9-16)13-4-5-14-10-17(11-15(14)8-13)19-6-7-20-17/h1-5,8-9H,6-7,10-11H2. The molecule has 4 rings (SSSR count). The van der Waals surface area contributed by atoms with Gasteiger partial charge in [0.2, 0.25) is 0 Å². The van der Waals surface area contributed by atoms with Crippen LogP contribution in [0.4, 0.5) is 4.39 Å². The molecule has 1 saturated heterocycles. The predicted octanol–water partition coefficient (Wildman–Crippen LogP) is 3.33. The molecule has 1 fully saturated rings. The molecule has 2 nitrogen and oxygen atoms in total. The molecule has 2 aliphatic rings. The molecule has 1 heterocycles. The molecule has 2 aromatic carbocycles. The van der Waals surface area contributed by atoms with E-state index in [1.54, 1.807) is 12.1 Å². The summed E-state index contributed by atoms with van der Waals surface area (Å²) in [4.78, 5) is 0. The minimum Gasteiger partial charge on any atom is -0.347 e. The van der Waals surface area contributed by atoms with Crippen molar-refractivity contribution in [2.24, 2.45) is 0 Å². The van der Waals surface area contributed by atoms with Crippen molar-refractivity contribution < 1.29 is 13.9 Å². The largest absolute Gasteiger partial charge is 0.347 e. The van der Waals surface area contributed by atoms with Gasteiger partial charge in [0.15, 0.2) is 5.79 Å². The lowest BCUT2D eigenvalue weighted by Gasteiger charge is -2.20. The van der Waals surface area contributed by atoms with Gasteiger partial charge in [0.25, 0.3) is 0 Å². The number of fused-ring (bicyclic) bond motifs is 1. The van der Waals surface area contributed by atoms with Gasteiger partial charge < -0.3 is 9.47 Å². The summed E-state index contributed by atoms with van der Waals surface area (Å²) in [5, 5.41) is 0. The summed E-state index contributed by atoms with van der Waals surface area (Å²) in [6.07, 6.45) is 1.59. The second-order valence-electron chi connectivity index (χ2n) is 5.45. The minimum absolute atomic E-state index is 0.207. The van der Waals surface area contributed by atoms with E-state index in [-0.39, 0.29) is 5.82 Å². The van der Waals surface area contributed by atoms with Crippen LogP contribution in [0.15, 0.2) is 42.5 Å². The molecule has 0 unspecified atom stereocenters. The summed E-state index contributed by atoms with van der Waals surface area (Å²) in [5.41, 5.74) is 4.46. The average molecular weight is 270 g/mol. The quantitative estimate of drug-likeness (QED) is 0.791. The molecule has 1 spiro atoms. The van der Waals surface area contributed by atoms with Crippen molar-refractivity contribution in [3.63, 3.8) is 0 Å². The molecule has 1 aliphatic heterocycles. The molecule has 0 bridgehead atoms. The van der Waals surface area contributed by atoms with Gasteiger partial charge in [-0.1, -0.05) is 30.3 Å². The van der Waals surface area contributed by atoms with E-state index in [0.29, 0.717) is 13.2 Å². The Bertz CT molecular complexity index is 660. The van der Waals surface area contributed by atoms with Crippen LogP contribution >= 0.6 is 0 Å². The molecule has 1 aliphatic carbocycles. The summed E-state index contributed by atoms with van der Waals surface area (Å²) in [6, 6.07) is 13.0. The molecular formula is C17H15FO2. The SMILES string of the molecule is Fc1cccc(-c2ccc3c(c2)CC2(C3)OCCO2)c1. The Kier molecular flexibility index (Phi) is 2.65. The average Bonchev–Trinajstić information content (AvgIpc) is 3.04. The Morgan fingerprint density at radius 3 is 2.40 bits per heavy atom. The van der Waals surface area contributed by atoms with Crippen LogP contribution in [0.5, 0.6) is 0 Å². The zero-order valence-electron chi connectivity index (χ0n) is 11.1. The zero-order valence-corrected chi connectivity index (χ0v) is 11.1. The van der Waals surface area contributed by atoms with E-state index in [4.69, 9.17) is 9.47 Å². The second-order valence-corrected chi connectivity index (χ2v) is 5.45. The van der Waals surface area contributed by atoms with Gasteiger partial charge in [-0.15, -0.1) is 0 Å². The van der Waals surface area contributed by atoms with E-state index in [0.717, 1.165) is 24.0 Å². The number of hydrogen-bond acceptors (Lipinski definition) is 2. The number of hydrogen-bond donors (Lipinski definition) is 0. The zero-order chi connectivity index (χ0) is 13.6. The molecule has 0 radical (unpaired) electrons. The van der Waals surface area contributed by atoms with Crippen molar-refractivity contribution in [3.8, 4) is 11.1 Å². The predicted molar refractivity (Wildman–Crippen MR) is 73.9 cm³/mol. The van der Waals surface area contributed by atoms with Crippen LogP contribution in [0.2, 0.25) is 0 Å². The first-order valence-corrected chi connectivity index (χ1v) is 6.90. The molecular weight excluding hydrogens is 255 g/mol. The first kappa shape index (κ1) is 12.1. The Hall–Kier alpha value is -1.71. The van der Waals surface area contributed by atoms with Crippen LogP contribution in [-0.4, -0.2) is 19.0 Å². The second kappa shape index (κ2) is 4.40. The summed E-state index contributed by atoms with van der Waals surface area (Å²) in [5.74, 6) is -0.648. The molecule has 2 aromatic rings. The maximum absolute atomic E-state index is 13.3. The van der Waals surface area contributed by atoms with Gasteiger partial charge in [-0.2, -0.15) is 0 Å². The fraction of sp³-hybridized carbons (Fsp3) is 0.294. The topological polar surface area (TPSA) is 18.5 Å². The Labute approximate surface area is 117 Å². The van der Waals surface area contributed by atoms with Crippen LogP contribution in [0.25, 0.3) is 11.1 Å². The monoisotopic (exact) mass is 270 g/mol. The van der Waals surface area contributed by atoms with Crippen molar-refractivity contribution in [2.45, 2.75) is 18.6 Å². The fourth-order valence-electron chi connectivity index (χ4n) is 3.15. The van der Waals surface area contributed by atoms with E-state index in [9.17, 15) is 4.39 Å². The lowest BCUT2D eigenvalue weighted by atomic mass is 10.0. The minimum atomic E-state index is -0.442. The van der Waals surface area contributed by atoms with Crippen molar-refractivity contribution in [1.82, 2.24) is 0 Å². The number of benzene rings is 2. The molecule has 3 heteroatoms. The molecule has 0 saturated carbocycles. The summed E-state index contributed by atoms with van der Waals surface area (Å²) in [7, 11) is 0. The highest BCUT2D eigenvalue weighted by Gasteiger charge is 2.42. The Balaban J connectivity index is 1.70. The lowest BCUT2D eigenvalue weighted by Crippen LogP contribution is -2.30. The van der Waals surface area contributed by atoms with Crippen molar-refractivity contribution >= 4 is 0 Å². The van der Waals surface area contributed by atoms with E-state index in [1.807, 2.05) is 12.1 Å². The third kappa shape index (κ3) is 1.94. The van der Waals surface area contributed by atoms with Gasteiger partial charge in [-0.3, -0.25) is 0 Å². The molecule has 102 valence electrons. The van der Waals surface area contributed by atoms with Crippen LogP contribution < -0.4 is 0 Å². The maximum atomic E-state index is 13.3. The molecule has 0 atom stereocenters. The number of halogens is 1. The fourth-order valence-corrected chi connectivity index (χ4v) is 3.15. The van der Waals surface area contributed by atoms with Gasteiger partial charge in [0, 0.05) is 12.8 Å². The van der Waals surface area contributed by atoms with Crippen LogP contribution in [0.3, 0.4) is 0 Å². The Morgan fingerprint density at radius 2 is 1.60 bits per heavy atom. The molecule has 0 amide bonds. The third-order valence-electron chi connectivity index (χ3n) is 4.10. The van der Waals surface area contributed by atoms with Gasteiger partial charge in [-0.05, 0) is 34.4 Å². The first-order valence-electron chi connectivity index (χ1n) is 6.90. The van der Waals surface area contributed by atoms with Crippen LogP contribution in [0, 0.1) is 5.82 Å². The number of ether oxygens (including phenoxy) is 2. The first-order chi connectivity index (χ1) is 9.74. The van der Waals surface area contributed by atoms with Crippen molar-refractivity contribution in [1.29, 1.82) is 0 Å².